The molecule has 0 amide bonds. The van der Waals surface area contributed by atoms with Crippen molar-refractivity contribution in [2.75, 3.05) is 19.0 Å². The number of halogens is 2. The number of hydrogen-bond acceptors (Lipinski definition) is 3. The van der Waals surface area contributed by atoms with E-state index in [0.29, 0.717) is 11.6 Å². The maximum atomic E-state index is 6.14. The molecule has 0 aliphatic heterocycles. The molecule has 3 nitrogen and oxygen atoms in total. The smallest absolute Gasteiger partial charge is 0.141 e. The summed E-state index contributed by atoms with van der Waals surface area (Å²) in [5.41, 5.74) is 7.82. The van der Waals surface area contributed by atoms with E-state index < -0.39 is 0 Å². The van der Waals surface area contributed by atoms with Crippen molar-refractivity contribution in [3.63, 3.8) is 0 Å². The third-order valence-electron chi connectivity index (χ3n) is 3.02. The first-order valence-corrected chi connectivity index (χ1v) is 7.37. The zero-order valence-corrected chi connectivity index (χ0v) is 13.4. The molecule has 5 heteroatoms. The van der Waals surface area contributed by atoms with E-state index in [1.54, 1.807) is 7.11 Å². The molecule has 0 saturated carbocycles. The zero-order chi connectivity index (χ0) is 14.5. The van der Waals surface area contributed by atoms with Gasteiger partial charge in [0.05, 0.1) is 23.9 Å². The van der Waals surface area contributed by atoms with Crippen LogP contribution in [-0.4, -0.2) is 13.7 Å². The second-order valence-corrected chi connectivity index (χ2v) is 5.57. The summed E-state index contributed by atoms with van der Waals surface area (Å²) in [6.45, 7) is 0.454. The molecule has 2 aromatic rings. The van der Waals surface area contributed by atoms with Gasteiger partial charge in [-0.05, 0) is 45.8 Å². The van der Waals surface area contributed by atoms with Gasteiger partial charge in [-0.15, -0.1) is 0 Å². The molecule has 1 atom stereocenters. The summed E-state index contributed by atoms with van der Waals surface area (Å²) in [5.74, 6) is 0.786. The molecule has 0 aliphatic rings. The van der Waals surface area contributed by atoms with Crippen LogP contribution in [0.5, 0.6) is 5.75 Å². The summed E-state index contributed by atoms with van der Waals surface area (Å²) in [4.78, 5) is 0. The first kappa shape index (κ1) is 15.2. The minimum atomic E-state index is -0.0306. The molecule has 0 bridgehead atoms. The first-order chi connectivity index (χ1) is 9.65. The van der Waals surface area contributed by atoms with Gasteiger partial charge in [-0.25, -0.2) is 0 Å². The van der Waals surface area contributed by atoms with Gasteiger partial charge in [0.1, 0.15) is 5.75 Å². The van der Waals surface area contributed by atoms with E-state index in [0.717, 1.165) is 21.5 Å². The van der Waals surface area contributed by atoms with Gasteiger partial charge in [-0.3, -0.25) is 0 Å². The lowest BCUT2D eigenvalue weighted by atomic mass is 10.1. The number of nitrogens with two attached hydrogens (primary N) is 1. The molecule has 0 fully saturated rings. The Kier molecular flexibility index (Phi) is 5.29. The SMILES string of the molecule is COc1ccccc1NC(CN)c1ccc(Br)c(Cl)c1. The van der Waals surface area contributed by atoms with E-state index in [9.17, 15) is 0 Å². The van der Waals surface area contributed by atoms with E-state index >= 15 is 0 Å². The fraction of sp³-hybridized carbons (Fsp3) is 0.200. The Morgan fingerprint density at radius 1 is 1.30 bits per heavy atom. The number of hydrogen-bond donors (Lipinski definition) is 2. The number of anilines is 1. The lowest BCUT2D eigenvalue weighted by Gasteiger charge is -2.20. The fourth-order valence-electron chi connectivity index (χ4n) is 1.96. The summed E-state index contributed by atoms with van der Waals surface area (Å²) in [6, 6.07) is 13.5. The summed E-state index contributed by atoms with van der Waals surface area (Å²) in [6.07, 6.45) is 0. The molecule has 3 N–H and O–H groups in total. The average molecular weight is 356 g/mol. The van der Waals surface area contributed by atoms with Crippen LogP contribution in [0.3, 0.4) is 0 Å². The third kappa shape index (κ3) is 3.45. The van der Waals surface area contributed by atoms with Crippen molar-refractivity contribution in [1.82, 2.24) is 0 Å². The van der Waals surface area contributed by atoms with E-state index in [1.165, 1.54) is 0 Å². The van der Waals surface area contributed by atoms with E-state index in [4.69, 9.17) is 22.1 Å². The van der Waals surface area contributed by atoms with Crippen LogP contribution in [0.4, 0.5) is 5.69 Å². The molecule has 20 heavy (non-hydrogen) atoms. The highest BCUT2D eigenvalue weighted by atomic mass is 79.9. The van der Waals surface area contributed by atoms with Gasteiger partial charge < -0.3 is 15.8 Å². The first-order valence-electron chi connectivity index (χ1n) is 6.20. The Bertz CT molecular complexity index is 592. The standard InChI is InChI=1S/C15H16BrClN2O/c1-20-15-5-3-2-4-13(15)19-14(9-18)10-6-7-11(16)12(17)8-10/h2-8,14,19H,9,18H2,1H3. The number of para-hydroxylation sites is 2. The molecule has 2 aromatic carbocycles. The number of rotatable bonds is 5. The summed E-state index contributed by atoms with van der Waals surface area (Å²) < 4.78 is 6.20. The molecule has 0 aliphatic carbocycles. The predicted octanol–water partition coefficient (Wildman–Crippen LogP) is 4.22. The Hall–Kier alpha value is -1.23. The number of nitrogens with one attached hydrogen (secondary N) is 1. The maximum absolute atomic E-state index is 6.14. The normalized spacial score (nSPS) is 12.0. The molecule has 2 rings (SSSR count). The van der Waals surface area contributed by atoms with Crippen LogP contribution in [0.1, 0.15) is 11.6 Å². The van der Waals surface area contributed by atoms with Crippen molar-refractivity contribution < 1.29 is 4.74 Å². The maximum Gasteiger partial charge on any atom is 0.141 e. The minimum Gasteiger partial charge on any atom is -0.495 e. The van der Waals surface area contributed by atoms with Gasteiger partial charge in [0.2, 0.25) is 0 Å². The van der Waals surface area contributed by atoms with Crippen molar-refractivity contribution in [1.29, 1.82) is 0 Å². The van der Waals surface area contributed by atoms with Crippen LogP contribution in [0.25, 0.3) is 0 Å². The summed E-state index contributed by atoms with van der Waals surface area (Å²) in [7, 11) is 1.65. The molecule has 0 heterocycles. The van der Waals surface area contributed by atoms with Crippen LogP contribution >= 0.6 is 27.5 Å². The Balaban J connectivity index is 2.26. The van der Waals surface area contributed by atoms with E-state index in [-0.39, 0.29) is 6.04 Å². The molecule has 0 aromatic heterocycles. The van der Waals surface area contributed by atoms with E-state index in [1.807, 2.05) is 42.5 Å². The second kappa shape index (κ2) is 6.97. The molecule has 0 spiro atoms. The van der Waals surface area contributed by atoms with Crippen molar-refractivity contribution >= 4 is 33.2 Å². The summed E-state index contributed by atoms with van der Waals surface area (Å²) >= 11 is 9.52. The highest BCUT2D eigenvalue weighted by Gasteiger charge is 2.13. The molecular weight excluding hydrogens is 340 g/mol. The number of benzene rings is 2. The minimum absolute atomic E-state index is 0.0306. The van der Waals surface area contributed by atoms with Crippen molar-refractivity contribution in [2.45, 2.75) is 6.04 Å². The van der Waals surface area contributed by atoms with Gasteiger partial charge in [-0.1, -0.05) is 29.8 Å². The molecule has 0 radical (unpaired) electrons. The monoisotopic (exact) mass is 354 g/mol. The van der Waals surface area contributed by atoms with Crippen molar-refractivity contribution in [2.24, 2.45) is 5.73 Å². The molecule has 106 valence electrons. The molecule has 1 unspecified atom stereocenters. The fourth-order valence-corrected chi connectivity index (χ4v) is 2.39. The quantitative estimate of drug-likeness (QED) is 0.844. The lowest BCUT2D eigenvalue weighted by Crippen LogP contribution is -2.20. The molecule has 0 saturated heterocycles. The van der Waals surface area contributed by atoms with Crippen LogP contribution in [-0.2, 0) is 0 Å². The molecular formula is C15H16BrClN2O. The van der Waals surface area contributed by atoms with E-state index in [2.05, 4.69) is 21.2 Å². The van der Waals surface area contributed by atoms with Gasteiger partial charge in [0, 0.05) is 11.0 Å². The van der Waals surface area contributed by atoms with Crippen LogP contribution in [0.2, 0.25) is 5.02 Å². The number of methoxy groups -OCH3 is 1. The van der Waals surface area contributed by atoms with Crippen molar-refractivity contribution in [3.8, 4) is 5.75 Å². The third-order valence-corrected chi connectivity index (χ3v) is 4.25. The highest BCUT2D eigenvalue weighted by molar-refractivity contribution is 9.10. The van der Waals surface area contributed by atoms with Gasteiger partial charge in [0.15, 0.2) is 0 Å². The predicted molar refractivity (Wildman–Crippen MR) is 87.6 cm³/mol. The van der Waals surface area contributed by atoms with Crippen LogP contribution < -0.4 is 15.8 Å². The van der Waals surface area contributed by atoms with Crippen LogP contribution in [0, 0.1) is 0 Å². The average Bonchev–Trinajstić information content (AvgIpc) is 2.48. The second-order valence-electron chi connectivity index (χ2n) is 4.31. The Labute approximate surface area is 132 Å². The largest absolute Gasteiger partial charge is 0.495 e. The van der Waals surface area contributed by atoms with Gasteiger partial charge in [0.25, 0.3) is 0 Å². The Morgan fingerprint density at radius 2 is 2.05 bits per heavy atom. The lowest BCUT2D eigenvalue weighted by molar-refractivity contribution is 0.416. The Morgan fingerprint density at radius 3 is 2.70 bits per heavy atom. The van der Waals surface area contributed by atoms with Crippen LogP contribution in [0.15, 0.2) is 46.9 Å². The topological polar surface area (TPSA) is 47.3 Å². The highest BCUT2D eigenvalue weighted by Crippen LogP contribution is 2.30. The summed E-state index contributed by atoms with van der Waals surface area (Å²) in [5, 5.41) is 4.06. The zero-order valence-electron chi connectivity index (χ0n) is 11.1. The van der Waals surface area contributed by atoms with Crippen molar-refractivity contribution in [3.05, 3.63) is 57.5 Å². The van der Waals surface area contributed by atoms with Gasteiger partial charge in [-0.2, -0.15) is 0 Å². The number of ether oxygens (including phenoxy) is 1. The van der Waals surface area contributed by atoms with Gasteiger partial charge >= 0.3 is 0 Å².